The van der Waals surface area contributed by atoms with E-state index in [1.54, 1.807) is 25.5 Å². The third-order valence-electron chi connectivity index (χ3n) is 4.72. The molecular formula is C22H20N2O4S2. The first-order valence-electron chi connectivity index (χ1n) is 9.40. The first-order valence-corrected chi connectivity index (χ1v) is 11.1. The molecule has 0 N–H and O–H groups in total. The zero-order valence-corrected chi connectivity index (χ0v) is 18.4. The fourth-order valence-corrected chi connectivity index (χ4v) is 5.26. The summed E-state index contributed by atoms with van der Waals surface area (Å²) in [5, 5.41) is 1.93. The lowest BCUT2D eigenvalue weighted by Crippen LogP contribution is -2.39. The normalized spacial score (nSPS) is 16.2. The Morgan fingerprint density at radius 1 is 1.30 bits per heavy atom. The van der Waals surface area contributed by atoms with Crippen LogP contribution in [-0.2, 0) is 9.53 Å². The van der Waals surface area contributed by atoms with E-state index in [1.165, 1.54) is 22.7 Å². The van der Waals surface area contributed by atoms with Crippen molar-refractivity contribution < 1.29 is 14.3 Å². The van der Waals surface area contributed by atoms with Crippen LogP contribution in [-0.4, -0.2) is 24.3 Å². The Hall–Kier alpha value is -2.97. The number of thiophene rings is 1. The molecule has 1 unspecified atom stereocenters. The Bertz CT molecular complexity index is 1300. The fraction of sp³-hybridized carbons (Fsp3) is 0.227. The molecule has 0 amide bonds. The Labute approximate surface area is 181 Å². The van der Waals surface area contributed by atoms with Crippen LogP contribution in [0.3, 0.4) is 0 Å². The number of thiazole rings is 1. The van der Waals surface area contributed by atoms with Crippen molar-refractivity contribution >= 4 is 34.7 Å². The number of carbonyl (C=O) groups excluding carboxylic acids is 1. The van der Waals surface area contributed by atoms with E-state index < -0.39 is 12.0 Å². The molecule has 1 atom stereocenters. The molecule has 4 rings (SSSR count). The van der Waals surface area contributed by atoms with Gasteiger partial charge in [-0.05, 0) is 49.1 Å². The van der Waals surface area contributed by atoms with Crippen LogP contribution in [0, 0.1) is 0 Å². The molecule has 1 aliphatic heterocycles. The van der Waals surface area contributed by atoms with Crippen LogP contribution in [0.4, 0.5) is 0 Å². The number of methoxy groups -OCH3 is 1. The second-order valence-corrected chi connectivity index (χ2v) is 8.58. The van der Waals surface area contributed by atoms with Gasteiger partial charge < -0.3 is 9.47 Å². The third-order valence-corrected chi connectivity index (χ3v) is 6.63. The molecule has 1 aliphatic rings. The van der Waals surface area contributed by atoms with E-state index in [2.05, 4.69) is 4.99 Å². The van der Waals surface area contributed by atoms with Gasteiger partial charge in [0.2, 0.25) is 0 Å². The molecule has 154 valence electrons. The van der Waals surface area contributed by atoms with Crippen LogP contribution in [0.1, 0.15) is 30.3 Å². The summed E-state index contributed by atoms with van der Waals surface area (Å²) in [6.45, 7) is 3.80. The Morgan fingerprint density at radius 2 is 2.13 bits per heavy atom. The molecule has 3 heterocycles. The topological polar surface area (TPSA) is 69.9 Å². The lowest BCUT2D eigenvalue weighted by Gasteiger charge is -2.23. The van der Waals surface area contributed by atoms with Crippen molar-refractivity contribution in [2.24, 2.45) is 4.99 Å². The van der Waals surface area contributed by atoms with E-state index in [0.717, 1.165) is 10.4 Å². The standard InChI is InChI=1S/C22H20N2O4S2/c1-4-28-21(26)18-13(2)23-22-24(19(18)16-9-6-10-29-16)20(25)17(30-22)12-14-7-5-8-15(11-14)27-3/h5-12,19H,4H2,1-3H3/b17-12+. The van der Waals surface area contributed by atoms with Gasteiger partial charge in [0.15, 0.2) is 4.80 Å². The number of fused-ring (bicyclic) bond motifs is 1. The molecule has 0 aliphatic carbocycles. The first-order chi connectivity index (χ1) is 14.5. The van der Waals surface area contributed by atoms with Crippen molar-refractivity contribution in [3.05, 3.63) is 83.2 Å². The lowest BCUT2D eigenvalue weighted by atomic mass is 10.0. The second kappa shape index (κ2) is 8.41. The second-order valence-electron chi connectivity index (χ2n) is 6.59. The van der Waals surface area contributed by atoms with E-state index in [9.17, 15) is 9.59 Å². The van der Waals surface area contributed by atoms with Crippen LogP contribution >= 0.6 is 22.7 Å². The van der Waals surface area contributed by atoms with Gasteiger partial charge in [-0.3, -0.25) is 9.36 Å². The summed E-state index contributed by atoms with van der Waals surface area (Å²) in [4.78, 5) is 32.2. The molecule has 0 fully saturated rings. The molecule has 0 saturated carbocycles. The highest BCUT2D eigenvalue weighted by Gasteiger charge is 2.33. The Morgan fingerprint density at radius 3 is 2.83 bits per heavy atom. The number of rotatable bonds is 5. The minimum Gasteiger partial charge on any atom is -0.497 e. The lowest BCUT2D eigenvalue weighted by molar-refractivity contribution is -0.139. The maximum Gasteiger partial charge on any atom is 0.338 e. The van der Waals surface area contributed by atoms with E-state index in [0.29, 0.717) is 26.4 Å². The van der Waals surface area contributed by atoms with Gasteiger partial charge >= 0.3 is 5.97 Å². The number of nitrogens with zero attached hydrogens (tertiary/aromatic N) is 2. The fourth-order valence-electron chi connectivity index (χ4n) is 3.39. The predicted molar refractivity (Wildman–Crippen MR) is 118 cm³/mol. The molecule has 8 heteroatoms. The number of ether oxygens (including phenoxy) is 2. The minimum absolute atomic E-state index is 0.186. The number of benzene rings is 1. The molecule has 0 bridgehead atoms. The van der Waals surface area contributed by atoms with Gasteiger partial charge in [0.1, 0.15) is 11.8 Å². The molecule has 0 saturated heterocycles. The van der Waals surface area contributed by atoms with Crippen LogP contribution in [0.5, 0.6) is 5.75 Å². The van der Waals surface area contributed by atoms with E-state index in [4.69, 9.17) is 9.47 Å². The van der Waals surface area contributed by atoms with Crippen molar-refractivity contribution in [1.29, 1.82) is 0 Å². The first kappa shape index (κ1) is 20.3. The van der Waals surface area contributed by atoms with Gasteiger partial charge in [-0.25, -0.2) is 9.79 Å². The van der Waals surface area contributed by atoms with Gasteiger partial charge in [-0.15, -0.1) is 11.3 Å². The summed E-state index contributed by atoms with van der Waals surface area (Å²) in [7, 11) is 1.60. The average Bonchev–Trinajstić information content (AvgIpc) is 3.36. The summed E-state index contributed by atoms with van der Waals surface area (Å²) >= 11 is 2.80. The van der Waals surface area contributed by atoms with Gasteiger partial charge in [0, 0.05) is 4.88 Å². The van der Waals surface area contributed by atoms with E-state index in [-0.39, 0.29) is 12.2 Å². The maximum atomic E-state index is 13.4. The number of hydrogen-bond acceptors (Lipinski definition) is 7. The van der Waals surface area contributed by atoms with Crippen molar-refractivity contribution in [1.82, 2.24) is 4.57 Å². The molecule has 0 radical (unpaired) electrons. The molecule has 2 aromatic heterocycles. The summed E-state index contributed by atoms with van der Waals surface area (Å²) in [5.41, 5.74) is 1.64. The summed E-state index contributed by atoms with van der Waals surface area (Å²) < 4.78 is 12.7. The maximum absolute atomic E-state index is 13.4. The van der Waals surface area contributed by atoms with Crippen LogP contribution in [0.2, 0.25) is 0 Å². The highest BCUT2D eigenvalue weighted by Crippen LogP contribution is 2.33. The van der Waals surface area contributed by atoms with Crippen LogP contribution in [0.15, 0.2) is 62.8 Å². The molecule has 3 aromatic rings. The quantitative estimate of drug-likeness (QED) is 0.572. The summed E-state index contributed by atoms with van der Waals surface area (Å²) in [6.07, 6.45) is 1.82. The third kappa shape index (κ3) is 3.64. The van der Waals surface area contributed by atoms with Gasteiger partial charge in [0.25, 0.3) is 5.56 Å². The Kier molecular flexibility index (Phi) is 5.69. The smallest absolute Gasteiger partial charge is 0.338 e. The van der Waals surface area contributed by atoms with Crippen molar-refractivity contribution in [2.45, 2.75) is 19.9 Å². The van der Waals surface area contributed by atoms with Crippen LogP contribution < -0.4 is 19.6 Å². The summed E-state index contributed by atoms with van der Waals surface area (Å²) in [6, 6.07) is 10.8. The molecule has 30 heavy (non-hydrogen) atoms. The molecule has 0 spiro atoms. The highest BCUT2D eigenvalue weighted by atomic mass is 32.1. The van der Waals surface area contributed by atoms with E-state index >= 15 is 0 Å². The van der Waals surface area contributed by atoms with Gasteiger partial charge in [-0.2, -0.15) is 0 Å². The number of esters is 1. The van der Waals surface area contributed by atoms with Crippen molar-refractivity contribution in [3.63, 3.8) is 0 Å². The predicted octanol–water partition coefficient (Wildman–Crippen LogP) is 2.87. The van der Waals surface area contributed by atoms with Crippen LogP contribution in [0.25, 0.3) is 6.08 Å². The SMILES string of the molecule is CCOC(=O)C1=C(C)N=c2s/c(=C/c3cccc(OC)c3)c(=O)n2C1c1cccs1. The molecule has 6 nitrogen and oxygen atoms in total. The zero-order valence-electron chi connectivity index (χ0n) is 16.7. The molecule has 1 aromatic carbocycles. The average molecular weight is 441 g/mol. The van der Waals surface area contributed by atoms with Crippen molar-refractivity contribution in [2.75, 3.05) is 13.7 Å². The highest BCUT2D eigenvalue weighted by molar-refractivity contribution is 7.10. The van der Waals surface area contributed by atoms with Crippen molar-refractivity contribution in [3.8, 4) is 5.75 Å². The minimum atomic E-state index is -0.548. The Balaban J connectivity index is 1.92. The number of allylic oxidation sites excluding steroid dienone is 1. The van der Waals surface area contributed by atoms with Gasteiger partial charge in [0.05, 0.1) is 29.5 Å². The van der Waals surface area contributed by atoms with Gasteiger partial charge in [-0.1, -0.05) is 29.5 Å². The summed E-state index contributed by atoms with van der Waals surface area (Å²) in [5.74, 6) is 0.271. The number of carbonyl (C=O) groups is 1. The number of aromatic nitrogens is 1. The molecular weight excluding hydrogens is 420 g/mol. The monoisotopic (exact) mass is 440 g/mol. The number of hydrogen-bond donors (Lipinski definition) is 0. The zero-order chi connectivity index (χ0) is 21.3. The largest absolute Gasteiger partial charge is 0.497 e. The van der Waals surface area contributed by atoms with E-state index in [1.807, 2.05) is 47.9 Å².